The molecule has 1 N–H and O–H groups in total. The predicted octanol–water partition coefficient (Wildman–Crippen LogP) is 0.852. The van der Waals surface area contributed by atoms with Gasteiger partial charge in [0.1, 0.15) is 0 Å². The van der Waals surface area contributed by atoms with Crippen LogP contribution in [0.1, 0.15) is 20.8 Å². The van der Waals surface area contributed by atoms with Crippen LogP contribution in [0.3, 0.4) is 0 Å². The standard InChI is InChI=1S/C6H15N.CH4O3S/c1-4-7(5-2)6-3;1-5(2,3)4/h4-6H2,1-3H3;1H3,(H,2,3,4). The number of nitrogens with zero attached hydrogens (tertiary/aromatic N) is 1. The molecule has 0 rings (SSSR count). The summed E-state index contributed by atoms with van der Waals surface area (Å²) in [6, 6.07) is 0. The summed E-state index contributed by atoms with van der Waals surface area (Å²) in [6.07, 6.45) is 0.715. The van der Waals surface area contributed by atoms with E-state index in [1.54, 1.807) is 0 Å². The van der Waals surface area contributed by atoms with Crippen LogP contribution in [0.15, 0.2) is 0 Å². The highest BCUT2D eigenvalue weighted by Crippen LogP contribution is 1.81. The van der Waals surface area contributed by atoms with E-state index in [0.717, 1.165) is 0 Å². The lowest BCUT2D eigenvalue weighted by Gasteiger charge is -2.13. The zero-order chi connectivity index (χ0) is 10.2. The van der Waals surface area contributed by atoms with Crippen LogP contribution in [0.25, 0.3) is 0 Å². The molecular formula is C7H19NO3S. The first-order valence-corrected chi connectivity index (χ1v) is 5.84. The zero-order valence-electron chi connectivity index (χ0n) is 8.24. The van der Waals surface area contributed by atoms with Crippen molar-refractivity contribution in [1.82, 2.24) is 4.90 Å². The van der Waals surface area contributed by atoms with Crippen LogP contribution >= 0.6 is 0 Å². The van der Waals surface area contributed by atoms with Crippen molar-refractivity contribution in [3.63, 3.8) is 0 Å². The smallest absolute Gasteiger partial charge is 0.261 e. The van der Waals surface area contributed by atoms with Crippen LogP contribution < -0.4 is 0 Å². The molecule has 0 aliphatic heterocycles. The van der Waals surface area contributed by atoms with Gasteiger partial charge in [0.25, 0.3) is 10.1 Å². The summed E-state index contributed by atoms with van der Waals surface area (Å²) in [5, 5.41) is 0. The van der Waals surface area contributed by atoms with E-state index >= 15 is 0 Å². The molecule has 4 nitrogen and oxygen atoms in total. The summed E-state index contributed by atoms with van der Waals surface area (Å²) in [5.74, 6) is 0. The van der Waals surface area contributed by atoms with E-state index in [4.69, 9.17) is 4.55 Å². The fourth-order valence-electron chi connectivity index (χ4n) is 0.671. The fourth-order valence-corrected chi connectivity index (χ4v) is 0.671. The summed E-state index contributed by atoms with van der Waals surface area (Å²) in [7, 11) is -3.67. The molecule has 0 aromatic heterocycles. The Morgan fingerprint density at radius 2 is 1.25 bits per heavy atom. The van der Waals surface area contributed by atoms with Crippen LogP contribution in [-0.2, 0) is 10.1 Å². The molecule has 0 unspecified atom stereocenters. The molecule has 0 aliphatic carbocycles. The Balaban J connectivity index is 0. The molecule has 0 atom stereocenters. The van der Waals surface area contributed by atoms with Crippen molar-refractivity contribution < 1.29 is 13.0 Å². The SMILES string of the molecule is CCN(CC)CC.CS(=O)(=O)O. The molecule has 0 aromatic rings. The van der Waals surface area contributed by atoms with Gasteiger partial charge in [0, 0.05) is 0 Å². The van der Waals surface area contributed by atoms with Crippen LogP contribution in [-0.4, -0.2) is 43.8 Å². The van der Waals surface area contributed by atoms with Crippen LogP contribution in [0, 0.1) is 0 Å². The molecule has 12 heavy (non-hydrogen) atoms. The first-order valence-electron chi connectivity index (χ1n) is 3.99. The summed E-state index contributed by atoms with van der Waals surface area (Å²) < 4.78 is 25.9. The largest absolute Gasteiger partial charge is 0.304 e. The van der Waals surface area contributed by atoms with Gasteiger partial charge in [-0.1, -0.05) is 20.8 Å². The first kappa shape index (κ1) is 14.4. The van der Waals surface area contributed by atoms with Crippen molar-refractivity contribution in [2.75, 3.05) is 25.9 Å². The maximum Gasteiger partial charge on any atom is 0.261 e. The van der Waals surface area contributed by atoms with Gasteiger partial charge in [0.15, 0.2) is 0 Å². The molecule has 0 saturated heterocycles. The second-order valence-corrected chi connectivity index (χ2v) is 3.82. The van der Waals surface area contributed by atoms with E-state index in [-0.39, 0.29) is 0 Å². The van der Waals surface area contributed by atoms with E-state index in [2.05, 4.69) is 25.7 Å². The number of rotatable bonds is 3. The quantitative estimate of drug-likeness (QED) is 0.681. The third-order valence-electron chi connectivity index (χ3n) is 1.34. The second kappa shape index (κ2) is 7.52. The van der Waals surface area contributed by atoms with E-state index < -0.39 is 10.1 Å². The van der Waals surface area contributed by atoms with E-state index in [0.29, 0.717) is 6.26 Å². The Hall–Kier alpha value is -0.130. The topological polar surface area (TPSA) is 57.6 Å². The third-order valence-corrected chi connectivity index (χ3v) is 1.34. The summed E-state index contributed by atoms with van der Waals surface area (Å²) in [4.78, 5) is 2.38. The van der Waals surface area contributed by atoms with Crippen molar-refractivity contribution in [3.8, 4) is 0 Å². The molecule has 0 heterocycles. The third kappa shape index (κ3) is 22.5. The molecule has 0 aliphatic rings. The Labute approximate surface area is 75.3 Å². The number of hydrogen-bond donors (Lipinski definition) is 1. The summed E-state index contributed by atoms with van der Waals surface area (Å²) >= 11 is 0. The highest BCUT2D eigenvalue weighted by atomic mass is 32.2. The van der Waals surface area contributed by atoms with Gasteiger partial charge >= 0.3 is 0 Å². The minimum atomic E-state index is -3.67. The van der Waals surface area contributed by atoms with Gasteiger partial charge in [-0.2, -0.15) is 8.42 Å². The maximum atomic E-state index is 9.19. The van der Waals surface area contributed by atoms with Crippen molar-refractivity contribution in [2.45, 2.75) is 20.8 Å². The Kier molecular flexibility index (Phi) is 9.02. The highest BCUT2D eigenvalue weighted by molar-refractivity contribution is 7.85. The van der Waals surface area contributed by atoms with Crippen molar-refractivity contribution in [1.29, 1.82) is 0 Å². The van der Waals surface area contributed by atoms with E-state index in [9.17, 15) is 8.42 Å². The molecule has 0 amide bonds. The lowest BCUT2D eigenvalue weighted by atomic mass is 10.5. The first-order chi connectivity index (χ1) is 5.35. The molecule has 76 valence electrons. The van der Waals surface area contributed by atoms with E-state index in [1.165, 1.54) is 19.6 Å². The van der Waals surface area contributed by atoms with E-state index in [1.807, 2.05) is 0 Å². The summed E-state index contributed by atoms with van der Waals surface area (Å²) in [6.45, 7) is 10.1. The molecular weight excluding hydrogens is 178 g/mol. The molecule has 0 spiro atoms. The normalized spacial score (nSPS) is 10.8. The minimum Gasteiger partial charge on any atom is -0.304 e. The molecule has 5 heteroatoms. The average Bonchev–Trinajstić information content (AvgIpc) is 1.88. The molecule has 0 bridgehead atoms. The predicted molar refractivity (Wildman–Crippen MR) is 50.9 cm³/mol. The molecule has 0 aromatic carbocycles. The summed E-state index contributed by atoms with van der Waals surface area (Å²) in [5.41, 5.74) is 0. The fraction of sp³-hybridized carbons (Fsp3) is 1.00. The minimum absolute atomic E-state index is 0.715. The Bertz CT molecular complexity index is 160. The zero-order valence-corrected chi connectivity index (χ0v) is 9.06. The second-order valence-electron chi connectivity index (χ2n) is 2.35. The van der Waals surface area contributed by atoms with Gasteiger partial charge in [-0.3, -0.25) is 4.55 Å². The molecule has 0 fully saturated rings. The van der Waals surface area contributed by atoms with Crippen LogP contribution in [0.2, 0.25) is 0 Å². The number of hydrogen-bond acceptors (Lipinski definition) is 3. The van der Waals surface area contributed by atoms with Crippen LogP contribution in [0.5, 0.6) is 0 Å². The Morgan fingerprint density at radius 3 is 1.25 bits per heavy atom. The van der Waals surface area contributed by atoms with Gasteiger partial charge in [-0.15, -0.1) is 0 Å². The van der Waals surface area contributed by atoms with Gasteiger partial charge in [-0.25, -0.2) is 0 Å². The lowest BCUT2D eigenvalue weighted by Crippen LogP contribution is -2.21. The monoisotopic (exact) mass is 197 g/mol. The van der Waals surface area contributed by atoms with Crippen LogP contribution in [0.4, 0.5) is 0 Å². The van der Waals surface area contributed by atoms with Crippen molar-refractivity contribution >= 4 is 10.1 Å². The van der Waals surface area contributed by atoms with Crippen molar-refractivity contribution in [2.24, 2.45) is 0 Å². The van der Waals surface area contributed by atoms with Gasteiger partial charge in [0.2, 0.25) is 0 Å². The highest BCUT2D eigenvalue weighted by Gasteiger charge is 1.89. The van der Waals surface area contributed by atoms with Gasteiger partial charge in [-0.05, 0) is 19.6 Å². The van der Waals surface area contributed by atoms with Gasteiger partial charge < -0.3 is 4.90 Å². The van der Waals surface area contributed by atoms with Crippen molar-refractivity contribution in [3.05, 3.63) is 0 Å². The Morgan fingerprint density at radius 1 is 1.08 bits per heavy atom. The average molecular weight is 197 g/mol. The van der Waals surface area contributed by atoms with Gasteiger partial charge in [0.05, 0.1) is 6.26 Å². The lowest BCUT2D eigenvalue weighted by molar-refractivity contribution is 0.321. The molecule has 0 radical (unpaired) electrons. The maximum absolute atomic E-state index is 9.19. The molecule has 0 saturated carbocycles.